The van der Waals surface area contributed by atoms with Crippen LogP contribution in [0.3, 0.4) is 0 Å². The number of rotatable bonds is 1. The van der Waals surface area contributed by atoms with Crippen molar-refractivity contribution in [1.29, 1.82) is 0 Å². The van der Waals surface area contributed by atoms with E-state index in [1.165, 1.54) is 6.07 Å². The van der Waals surface area contributed by atoms with Crippen molar-refractivity contribution in [3.63, 3.8) is 0 Å². The molecule has 0 bridgehead atoms. The monoisotopic (exact) mass is 299 g/mol. The van der Waals surface area contributed by atoms with Crippen molar-refractivity contribution in [3.05, 3.63) is 35.6 Å². The first kappa shape index (κ1) is 12.6. The molecule has 1 fully saturated rings. The number of benzene rings is 1. The molecule has 0 saturated carbocycles. The van der Waals surface area contributed by atoms with Crippen LogP contribution in [-0.2, 0) is 0 Å². The molecule has 17 heavy (non-hydrogen) atoms. The fourth-order valence-electron chi connectivity index (χ4n) is 2.11. The third kappa shape index (κ3) is 2.68. The summed E-state index contributed by atoms with van der Waals surface area (Å²) >= 11 is 3.59. The standard InChI is InChI=1S/C13H15BrFNO/c1-9-8-16(7-6-11(9)14)13(17)10-4-2-3-5-12(10)15/h2-5,9,11H,6-8H2,1H3. The van der Waals surface area contributed by atoms with Crippen molar-refractivity contribution in [1.82, 2.24) is 4.90 Å². The van der Waals surface area contributed by atoms with Gasteiger partial charge in [-0.3, -0.25) is 4.79 Å². The molecule has 0 N–H and O–H groups in total. The highest BCUT2D eigenvalue weighted by Crippen LogP contribution is 2.24. The number of likely N-dealkylation sites (tertiary alicyclic amines) is 1. The highest BCUT2D eigenvalue weighted by Gasteiger charge is 2.28. The molecule has 0 aliphatic carbocycles. The third-order valence-electron chi connectivity index (χ3n) is 3.19. The number of piperidine rings is 1. The number of carbonyl (C=O) groups is 1. The van der Waals surface area contributed by atoms with Gasteiger partial charge in [0.1, 0.15) is 5.82 Å². The molecule has 1 heterocycles. The van der Waals surface area contributed by atoms with Crippen LogP contribution in [0.2, 0.25) is 0 Å². The summed E-state index contributed by atoms with van der Waals surface area (Å²) in [4.78, 5) is 14.3. The summed E-state index contributed by atoms with van der Waals surface area (Å²) in [5, 5.41) is 0. The lowest BCUT2D eigenvalue weighted by Crippen LogP contribution is -2.43. The number of amides is 1. The van der Waals surface area contributed by atoms with E-state index in [0.717, 1.165) is 6.42 Å². The maximum Gasteiger partial charge on any atom is 0.256 e. The average molecular weight is 300 g/mol. The molecule has 2 nitrogen and oxygen atoms in total. The summed E-state index contributed by atoms with van der Waals surface area (Å²) in [5.41, 5.74) is 0.174. The molecule has 1 aliphatic heterocycles. The number of hydrogen-bond acceptors (Lipinski definition) is 1. The van der Waals surface area contributed by atoms with Gasteiger partial charge in [0, 0.05) is 17.9 Å². The zero-order valence-corrected chi connectivity index (χ0v) is 11.3. The molecule has 1 aromatic rings. The van der Waals surface area contributed by atoms with E-state index in [-0.39, 0.29) is 11.5 Å². The number of carbonyl (C=O) groups excluding carboxylic acids is 1. The molecule has 4 heteroatoms. The Kier molecular flexibility index (Phi) is 3.82. The fraction of sp³-hybridized carbons (Fsp3) is 0.462. The lowest BCUT2D eigenvalue weighted by Gasteiger charge is -2.34. The highest BCUT2D eigenvalue weighted by molar-refractivity contribution is 9.09. The number of hydrogen-bond donors (Lipinski definition) is 0. The zero-order valence-electron chi connectivity index (χ0n) is 9.70. The highest BCUT2D eigenvalue weighted by atomic mass is 79.9. The van der Waals surface area contributed by atoms with E-state index < -0.39 is 5.82 Å². The molecule has 2 atom stereocenters. The second-order valence-electron chi connectivity index (χ2n) is 4.51. The SMILES string of the molecule is CC1CN(C(=O)c2ccccc2F)CCC1Br. The van der Waals surface area contributed by atoms with Crippen LogP contribution >= 0.6 is 15.9 Å². The van der Waals surface area contributed by atoms with Gasteiger partial charge in [-0.25, -0.2) is 4.39 Å². The first-order chi connectivity index (χ1) is 8.09. The van der Waals surface area contributed by atoms with E-state index in [9.17, 15) is 9.18 Å². The van der Waals surface area contributed by atoms with Crippen molar-refractivity contribution in [2.45, 2.75) is 18.2 Å². The van der Waals surface area contributed by atoms with Crippen LogP contribution < -0.4 is 0 Å². The van der Waals surface area contributed by atoms with Crippen LogP contribution in [0.15, 0.2) is 24.3 Å². The molecule has 0 spiro atoms. The summed E-state index contributed by atoms with van der Waals surface area (Å²) in [6, 6.07) is 6.16. The van der Waals surface area contributed by atoms with E-state index in [0.29, 0.717) is 23.8 Å². The molecule has 0 radical (unpaired) electrons. The van der Waals surface area contributed by atoms with Crippen molar-refractivity contribution in [2.24, 2.45) is 5.92 Å². The normalized spacial score (nSPS) is 24.8. The fourth-order valence-corrected chi connectivity index (χ4v) is 2.48. The van der Waals surface area contributed by atoms with E-state index in [4.69, 9.17) is 0 Å². The van der Waals surface area contributed by atoms with Crippen molar-refractivity contribution < 1.29 is 9.18 Å². The molecule has 1 saturated heterocycles. The van der Waals surface area contributed by atoms with E-state index in [1.807, 2.05) is 0 Å². The predicted octanol–water partition coefficient (Wildman–Crippen LogP) is 3.07. The van der Waals surface area contributed by atoms with Gasteiger partial charge in [-0.1, -0.05) is 35.0 Å². The maximum absolute atomic E-state index is 13.5. The van der Waals surface area contributed by atoms with Crippen LogP contribution in [0.25, 0.3) is 0 Å². The molecule has 1 amide bonds. The number of alkyl halides is 1. The third-order valence-corrected chi connectivity index (χ3v) is 4.55. The molecular weight excluding hydrogens is 285 g/mol. The Morgan fingerprint density at radius 2 is 2.18 bits per heavy atom. The Balaban J connectivity index is 2.14. The summed E-state index contributed by atoms with van der Waals surface area (Å²) in [7, 11) is 0. The molecule has 1 aliphatic rings. The number of halogens is 2. The van der Waals surface area contributed by atoms with Crippen LogP contribution in [0.1, 0.15) is 23.7 Å². The Morgan fingerprint density at radius 1 is 1.47 bits per heavy atom. The summed E-state index contributed by atoms with van der Waals surface area (Å²) in [6.45, 7) is 3.47. The smallest absolute Gasteiger partial charge is 0.256 e. The van der Waals surface area contributed by atoms with Gasteiger partial charge in [-0.05, 0) is 24.5 Å². The Bertz CT molecular complexity index is 424. The van der Waals surface area contributed by atoms with Gasteiger partial charge in [0.25, 0.3) is 5.91 Å². The molecule has 92 valence electrons. The molecule has 2 rings (SSSR count). The van der Waals surface area contributed by atoms with E-state index in [2.05, 4.69) is 22.9 Å². The Labute approximate surface area is 109 Å². The minimum Gasteiger partial charge on any atom is -0.338 e. The van der Waals surface area contributed by atoms with Gasteiger partial charge < -0.3 is 4.90 Å². The summed E-state index contributed by atoms with van der Waals surface area (Å²) in [6.07, 6.45) is 0.918. The van der Waals surface area contributed by atoms with E-state index in [1.54, 1.807) is 23.1 Å². The van der Waals surface area contributed by atoms with Gasteiger partial charge in [0.2, 0.25) is 0 Å². The maximum atomic E-state index is 13.5. The van der Waals surface area contributed by atoms with Crippen LogP contribution in [0.5, 0.6) is 0 Å². The van der Waals surface area contributed by atoms with Gasteiger partial charge in [-0.15, -0.1) is 0 Å². The van der Waals surface area contributed by atoms with Crippen LogP contribution in [0.4, 0.5) is 4.39 Å². The Hall–Kier alpha value is -0.900. The molecule has 0 aromatic heterocycles. The van der Waals surface area contributed by atoms with Gasteiger partial charge >= 0.3 is 0 Å². The number of nitrogens with zero attached hydrogens (tertiary/aromatic N) is 1. The largest absolute Gasteiger partial charge is 0.338 e. The second-order valence-corrected chi connectivity index (χ2v) is 5.69. The van der Waals surface area contributed by atoms with Crippen molar-refractivity contribution in [2.75, 3.05) is 13.1 Å². The lowest BCUT2D eigenvalue weighted by molar-refractivity contribution is 0.0686. The zero-order chi connectivity index (χ0) is 12.4. The van der Waals surface area contributed by atoms with Gasteiger partial charge in [0.15, 0.2) is 0 Å². The second kappa shape index (κ2) is 5.17. The minimum atomic E-state index is -0.439. The topological polar surface area (TPSA) is 20.3 Å². The molecule has 1 aromatic carbocycles. The van der Waals surface area contributed by atoms with Crippen molar-refractivity contribution >= 4 is 21.8 Å². The van der Waals surface area contributed by atoms with Gasteiger partial charge in [-0.2, -0.15) is 0 Å². The van der Waals surface area contributed by atoms with Crippen LogP contribution in [0, 0.1) is 11.7 Å². The van der Waals surface area contributed by atoms with Crippen LogP contribution in [-0.4, -0.2) is 28.7 Å². The van der Waals surface area contributed by atoms with Crippen molar-refractivity contribution in [3.8, 4) is 0 Å². The summed E-state index contributed by atoms with van der Waals surface area (Å²) in [5.74, 6) is -0.236. The lowest BCUT2D eigenvalue weighted by atomic mass is 9.99. The first-order valence-electron chi connectivity index (χ1n) is 5.77. The predicted molar refractivity (Wildman–Crippen MR) is 68.8 cm³/mol. The van der Waals surface area contributed by atoms with Gasteiger partial charge in [0.05, 0.1) is 5.56 Å². The first-order valence-corrected chi connectivity index (χ1v) is 6.69. The Morgan fingerprint density at radius 3 is 2.82 bits per heavy atom. The average Bonchev–Trinajstić information content (AvgIpc) is 2.32. The molecular formula is C13H15BrFNO. The van der Waals surface area contributed by atoms with E-state index >= 15 is 0 Å². The minimum absolute atomic E-state index is 0.174. The quantitative estimate of drug-likeness (QED) is 0.730. The summed E-state index contributed by atoms with van der Waals surface area (Å²) < 4.78 is 13.5. The molecule has 2 unspecified atom stereocenters.